The minimum atomic E-state index is -0.680. The molecule has 0 spiro atoms. The molecule has 0 radical (unpaired) electrons. The zero-order valence-electron chi connectivity index (χ0n) is 11.5. The Hall–Kier alpha value is -1.71. The molecule has 0 fully saturated rings. The molecule has 0 amide bonds. The number of esters is 1. The summed E-state index contributed by atoms with van der Waals surface area (Å²) >= 11 is 0. The lowest BCUT2D eigenvalue weighted by Gasteiger charge is -2.23. The van der Waals surface area contributed by atoms with Gasteiger partial charge in [-0.25, -0.2) is 4.79 Å². The van der Waals surface area contributed by atoms with E-state index in [4.69, 9.17) is 14.2 Å². The van der Waals surface area contributed by atoms with Gasteiger partial charge < -0.3 is 14.2 Å². The van der Waals surface area contributed by atoms with E-state index in [9.17, 15) is 4.79 Å². The van der Waals surface area contributed by atoms with Gasteiger partial charge >= 0.3 is 5.97 Å². The number of para-hydroxylation sites is 2. The van der Waals surface area contributed by atoms with Crippen LogP contribution >= 0.6 is 0 Å². The fraction of sp³-hybridized carbons (Fsp3) is 0.500. The lowest BCUT2D eigenvalue weighted by Crippen LogP contribution is -2.33. The molecule has 1 aromatic carbocycles. The largest absolute Gasteiger partial charge is 0.493 e. The van der Waals surface area contributed by atoms with Gasteiger partial charge in [-0.1, -0.05) is 12.1 Å². The van der Waals surface area contributed by atoms with Crippen molar-refractivity contribution in [2.45, 2.75) is 39.4 Å². The second kappa shape index (κ2) is 5.76. The number of carbonyl (C=O) groups is 1. The van der Waals surface area contributed by atoms with Gasteiger partial charge in [0.2, 0.25) is 0 Å². The van der Waals surface area contributed by atoms with Crippen LogP contribution in [0.5, 0.6) is 11.5 Å². The maximum atomic E-state index is 11.8. The third-order valence-electron chi connectivity index (χ3n) is 2.11. The average Bonchev–Trinajstić information content (AvgIpc) is 2.27. The zero-order chi connectivity index (χ0) is 13.8. The number of hydrogen-bond acceptors (Lipinski definition) is 4. The summed E-state index contributed by atoms with van der Waals surface area (Å²) in [5.74, 6) is 0.722. The van der Waals surface area contributed by atoms with Crippen molar-refractivity contribution in [3.63, 3.8) is 0 Å². The Balaban J connectivity index is 2.69. The van der Waals surface area contributed by atoms with Crippen LogP contribution < -0.4 is 9.47 Å². The molecule has 0 heterocycles. The number of benzene rings is 1. The highest BCUT2D eigenvalue weighted by molar-refractivity contribution is 5.75. The molecular weight excluding hydrogens is 232 g/mol. The molecule has 18 heavy (non-hydrogen) atoms. The summed E-state index contributed by atoms with van der Waals surface area (Å²) in [7, 11) is 1.56. The van der Waals surface area contributed by atoms with Crippen molar-refractivity contribution < 1.29 is 19.0 Å². The van der Waals surface area contributed by atoms with E-state index in [1.807, 2.05) is 32.9 Å². The summed E-state index contributed by atoms with van der Waals surface area (Å²) in [5, 5.41) is 0. The summed E-state index contributed by atoms with van der Waals surface area (Å²) in [6.07, 6.45) is -0.680. The van der Waals surface area contributed by atoms with Crippen LogP contribution in [0.3, 0.4) is 0 Å². The van der Waals surface area contributed by atoms with E-state index in [1.165, 1.54) is 0 Å². The Morgan fingerprint density at radius 1 is 1.17 bits per heavy atom. The Morgan fingerprint density at radius 3 is 2.22 bits per heavy atom. The van der Waals surface area contributed by atoms with Gasteiger partial charge in [-0.05, 0) is 39.8 Å². The summed E-state index contributed by atoms with van der Waals surface area (Å²) in [5.41, 5.74) is -0.518. The summed E-state index contributed by atoms with van der Waals surface area (Å²) < 4.78 is 15.9. The lowest BCUT2D eigenvalue weighted by molar-refractivity contribution is -0.162. The first-order valence-corrected chi connectivity index (χ1v) is 5.86. The maximum absolute atomic E-state index is 11.8. The number of hydrogen-bond donors (Lipinski definition) is 0. The van der Waals surface area contributed by atoms with Crippen molar-refractivity contribution in [3.8, 4) is 11.5 Å². The Morgan fingerprint density at radius 2 is 1.72 bits per heavy atom. The molecule has 0 aliphatic carbocycles. The van der Waals surface area contributed by atoms with Gasteiger partial charge in [0, 0.05) is 0 Å². The number of rotatable bonds is 4. The van der Waals surface area contributed by atoms with Gasteiger partial charge in [-0.3, -0.25) is 0 Å². The quantitative estimate of drug-likeness (QED) is 0.773. The van der Waals surface area contributed by atoms with Crippen molar-refractivity contribution in [2.75, 3.05) is 7.11 Å². The molecule has 1 aromatic rings. The monoisotopic (exact) mass is 252 g/mol. The van der Waals surface area contributed by atoms with Crippen LogP contribution in [0.2, 0.25) is 0 Å². The van der Waals surface area contributed by atoms with Crippen molar-refractivity contribution in [1.29, 1.82) is 0 Å². The Kier molecular flexibility index (Phi) is 4.59. The first kappa shape index (κ1) is 14.4. The smallest absolute Gasteiger partial charge is 0.347 e. The number of methoxy groups -OCH3 is 1. The van der Waals surface area contributed by atoms with E-state index in [-0.39, 0.29) is 0 Å². The van der Waals surface area contributed by atoms with Gasteiger partial charge in [0.15, 0.2) is 17.6 Å². The first-order chi connectivity index (χ1) is 8.33. The molecule has 100 valence electrons. The second-order valence-electron chi connectivity index (χ2n) is 4.94. The molecule has 0 aliphatic rings. The molecule has 1 rings (SSSR count). The van der Waals surface area contributed by atoms with Crippen LogP contribution in [-0.4, -0.2) is 24.8 Å². The van der Waals surface area contributed by atoms with Crippen LogP contribution in [0.25, 0.3) is 0 Å². The van der Waals surface area contributed by atoms with E-state index < -0.39 is 17.7 Å². The van der Waals surface area contributed by atoms with Gasteiger partial charge in [-0.2, -0.15) is 0 Å². The topological polar surface area (TPSA) is 44.8 Å². The zero-order valence-corrected chi connectivity index (χ0v) is 11.5. The van der Waals surface area contributed by atoms with Gasteiger partial charge in [0.1, 0.15) is 5.60 Å². The molecular formula is C14H20O4. The van der Waals surface area contributed by atoms with Crippen LogP contribution in [-0.2, 0) is 9.53 Å². The van der Waals surface area contributed by atoms with Gasteiger partial charge in [-0.15, -0.1) is 0 Å². The standard InChI is InChI=1S/C14H20O4/c1-10(13(15)18-14(2,3)4)17-12-9-7-6-8-11(12)16-5/h6-10H,1-5H3. The van der Waals surface area contributed by atoms with Crippen LogP contribution in [0.15, 0.2) is 24.3 Å². The fourth-order valence-corrected chi connectivity index (χ4v) is 1.34. The lowest BCUT2D eigenvalue weighted by atomic mass is 10.2. The fourth-order valence-electron chi connectivity index (χ4n) is 1.34. The molecule has 1 atom stereocenters. The van der Waals surface area contributed by atoms with Crippen molar-refractivity contribution in [3.05, 3.63) is 24.3 Å². The minimum absolute atomic E-state index is 0.395. The van der Waals surface area contributed by atoms with Crippen molar-refractivity contribution in [1.82, 2.24) is 0 Å². The first-order valence-electron chi connectivity index (χ1n) is 5.86. The summed E-state index contributed by atoms with van der Waals surface area (Å²) in [4.78, 5) is 11.8. The molecule has 0 saturated heterocycles. The maximum Gasteiger partial charge on any atom is 0.347 e. The van der Waals surface area contributed by atoms with Crippen LogP contribution in [0.4, 0.5) is 0 Å². The highest BCUT2D eigenvalue weighted by Crippen LogP contribution is 2.27. The third-order valence-corrected chi connectivity index (χ3v) is 2.11. The molecule has 1 unspecified atom stereocenters. The molecule has 0 saturated carbocycles. The molecule has 4 heteroatoms. The van der Waals surface area contributed by atoms with Crippen LogP contribution in [0, 0.1) is 0 Å². The Bertz CT molecular complexity index is 407. The second-order valence-corrected chi connectivity index (χ2v) is 4.94. The molecule has 4 nitrogen and oxygen atoms in total. The SMILES string of the molecule is COc1ccccc1OC(C)C(=O)OC(C)(C)C. The van der Waals surface area contributed by atoms with Crippen LogP contribution in [0.1, 0.15) is 27.7 Å². The van der Waals surface area contributed by atoms with E-state index >= 15 is 0 Å². The number of carbonyl (C=O) groups excluding carboxylic acids is 1. The predicted molar refractivity (Wildman–Crippen MR) is 68.9 cm³/mol. The van der Waals surface area contributed by atoms with E-state index in [2.05, 4.69) is 0 Å². The predicted octanol–water partition coefficient (Wildman–Crippen LogP) is 2.80. The van der Waals surface area contributed by atoms with Crippen molar-refractivity contribution >= 4 is 5.97 Å². The van der Waals surface area contributed by atoms with Gasteiger partial charge in [0.05, 0.1) is 7.11 Å². The van der Waals surface area contributed by atoms with E-state index in [0.717, 1.165) is 0 Å². The average molecular weight is 252 g/mol. The summed E-state index contributed by atoms with van der Waals surface area (Å²) in [6, 6.07) is 7.18. The molecule has 0 aromatic heterocycles. The Labute approximate surface area is 108 Å². The molecule has 0 N–H and O–H groups in total. The minimum Gasteiger partial charge on any atom is -0.493 e. The van der Waals surface area contributed by atoms with Crippen molar-refractivity contribution in [2.24, 2.45) is 0 Å². The molecule has 0 aliphatic heterocycles. The third kappa shape index (κ3) is 4.28. The van der Waals surface area contributed by atoms with Gasteiger partial charge in [0.25, 0.3) is 0 Å². The number of ether oxygens (including phenoxy) is 3. The van der Waals surface area contributed by atoms with E-state index in [0.29, 0.717) is 11.5 Å². The highest BCUT2D eigenvalue weighted by Gasteiger charge is 2.23. The molecule has 0 bridgehead atoms. The highest BCUT2D eigenvalue weighted by atomic mass is 16.6. The van der Waals surface area contributed by atoms with E-state index in [1.54, 1.807) is 26.2 Å². The normalized spacial score (nSPS) is 12.7. The summed E-state index contributed by atoms with van der Waals surface area (Å²) in [6.45, 7) is 7.11.